The molecule has 4 rings (SSSR count). The number of rotatable bonds is 5. The van der Waals surface area contributed by atoms with Crippen LogP contribution in [-0.4, -0.2) is 22.3 Å². The summed E-state index contributed by atoms with van der Waals surface area (Å²) in [7, 11) is 0. The minimum atomic E-state index is 0.178. The Balaban J connectivity index is 1.39. The van der Waals surface area contributed by atoms with Crippen LogP contribution in [0.2, 0.25) is 0 Å². The van der Waals surface area contributed by atoms with Crippen molar-refractivity contribution in [1.29, 1.82) is 0 Å². The standard InChI is InChI=1S/C23H24N2O2/c1-17-9-11-18(12-10-17)20-8-5-15-25(20)23(26)14-13-22-24-16-21(27-22)19-6-3-2-4-7-19/h2-4,6-7,9-12,16,20H,5,8,13-15H2,1H3. The quantitative estimate of drug-likeness (QED) is 0.647. The second kappa shape index (κ2) is 7.78. The molecule has 0 aliphatic carbocycles. The molecule has 1 aliphatic rings. The summed E-state index contributed by atoms with van der Waals surface area (Å²) in [4.78, 5) is 19.2. The minimum Gasteiger partial charge on any atom is -0.441 e. The number of aromatic nitrogens is 1. The van der Waals surface area contributed by atoms with E-state index in [-0.39, 0.29) is 11.9 Å². The molecule has 0 bridgehead atoms. The summed E-state index contributed by atoms with van der Waals surface area (Å²) in [5.74, 6) is 1.54. The molecule has 27 heavy (non-hydrogen) atoms. The zero-order valence-electron chi connectivity index (χ0n) is 15.6. The van der Waals surface area contributed by atoms with Gasteiger partial charge in [-0.1, -0.05) is 60.2 Å². The average Bonchev–Trinajstić information content (AvgIpc) is 3.37. The van der Waals surface area contributed by atoms with E-state index in [1.807, 2.05) is 35.2 Å². The van der Waals surface area contributed by atoms with Crippen LogP contribution in [0.5, 0.6) is 0 Å². The highest BCUT2D eigenvalue weighted by Gasteiger charge is 2.29. The van der Waals surface area contributed by atoms with Gasteiger partial charge in [0.25, 0.3) is 0 Å². The topological polar surface area (TPSA) is 46.3 Å². The molecule has 1 fully saturated rings. The van der Waals surface area contributed by atoms with Gasteiger partial charge in [-0.15, -0.1) is 0 Å². The van der Waals surface area contributed by atoms with E-state index in [1.165, 1.54) is 11.1 Å². The van der Waals surface area contributed by atoms with Gasteiger partial charge in [-0.05, 0) is 25.3 Å². The summed E-state index contributed by atoms with van der Waals surface area (Å²) in [6.07, 6.45) is 4.79. The smallest absolute Gasteiger partial charge is 0.223 e. The first kappa shape index (κ1) is 17.5. The Hall–Kier alpha value is -2.88. The normalized spacial score (nSPS) is 16.6. The Bertz CT molecular complexity index is 900. The van der Waals surface area contributed by atoms with Crippen LogP contribution in [0.25, 0.3) is 11.3 Å². The van der Waals surface area contributed by atoms with Gasteiger partial charge in [-0.3, -0.25) is 4.79 Å². The van der Waals surface area contributed by atoms with Crippen LogP contribution >= 0.6 is 0 Å². The van der Waals surface area contributed by atoms with Crippen molar-refractivity contribution in [1.82, 2.24) is 9.88 Å². The first-order chi connectivity index (χ1) is 13.2. The first-order valence-electron chi connectivity index (χ1n) is 9.57. The number of amides is 1. The van der Waals surface area contributed by atoms with E-state index in [2.05, 4.69) is 36.2 Å². The summed E-state index contributed by atoms with van der Waals surface area (Å²) >= 11 is 0. The molecular formula is C23H24N2O2. The Kier molecular flexibility index (Phi) is 5.05. The van der Waals surface area contributed by atoms with Crippen LogP contribution in [0.15, 0.2) is 65.2 Å². The van der Waals surface area contributed by atoms with Gasteiger partial charge in [0.1, 0.15) is 0 Å². The van der Waals surface area contributed by atoms with Gasteiger partial charge in [0.05, 0.1) is 12.2 Å². The zero-order valence-corrected chi connectivity index (χ0v) is 15.6. The molecule has 0 N–H and O–H groups in total. The molecule has 0 saturated carbocycles. The number of aryl methyl sites for hydroxylation is 2. The predicted molar refractivity (Wildman–Crippen MR) is 105 cm³/mol. The molecule has 2 aromatic carbocycles. The molecule has 138 valence electrons. The maximum atomic E-state index is 12.8. The molecule has 4 heteroatoms. The summed E-state index contributed by atoms with van der Waals surface area (Å²) < 4.78 is 5.83. The van der Waals surface area contributed by atoms with E-state index in [1.54, 1.807) is 6.20 Å². The highest BCUT2D eigenvalue weighted by molar-refractivity contribution is 5.77. The Morgan fingerprint density at radius 1 is 1.15 bits per heavy atom. The van der Waals surface area contributed by atoms with Crippen molar-refractivity contribution in [2.24, 2.45) is 0 Å². The number of nitrogens with zero attached hydrogens (tertiary/aromatic N) is 2. The number of hydrogen-bond donors (Lipinski definition) is 0. The second-order valence-electron chi connectivity index (χ2n) is 7.14. The lowest BCUT2D eigenvalue weighted by molar-refractivity contribution is -0.132. The van der Waals surface area contributed by atoms with Gasteiger partial charge in [-0.25, -0.2) is 4.98 Å². The molecule has 3 aromatic rings. The van der Waals surface area contributed by atoms with Crippen molar-refractivity contribution >= 4 is 5.91 Å². The lowest BCUT2D eigenvalue weighted by atomic mass is 10.0. The number of hydrogen-bond acceptors (Lipinski definition) is 3. The molecule has 1 amide bonds. The fourth-order valence-corrected chi connectivity index (χ4v) is 3.72. The molecule has 2 heterocycles. The summed E-state index contributed by atoms with van der Waals surface area (Å²) in [5, 5.41) is 0. The lowest BCUT2D eigenvalue weighted by Crippen LogP contribution is -2.30. The molecule has 1 aromatic heterocycles. The second-order valence-corrected chi connectivity index (χ2v) is 7.14. The van der Waals surface area contributed by atoms with Crippen LogP contribution in [0, 0.1) is 6.92 Å². The molecule has 0 spiro atoms. The van der Waals surface area contributed by atoms with Gasteiger partial charge >= 0.3 is 0 Å². The average molecular weight is 360 g/mol. The largest absolute Gasteiger partial charge is 0.441 e. The number of likely N-dealkylation sites (tertiary alicyclic amines) is 1. The van der Waals surface area contributed by atoms with E-state index in [0.717, 1.165) is 30.7 Å². The van der Waals surface area contributed by atoms with Crippen LogP contribution < -0.4 is 0 Å². The zero-order chi connectivity index (χ0) is 18.6. The van der Waals surface area contributed by atoms with Crippen LogP contribution in [0.3, 0.4) is 0 Å². The number of carbonyl (C=O) groups excluding carboxylic acids is 1. The lowest BCUT2D eigenvalue weighted by Gasteiger charge is -2.25. The van der Waals surface area contributed by atoms with Gasteiger partial charge in [0.2, 0.25) is 5.91 Å². The minimum absolute atomic E-state index is 0.178. The third kappa shape index (κ3) is 3.95. The van der Waals surface area contributed by atoms with Crippen molar-refractivity contribution < 1.29 is 9.21 Å². The Morgan fingerprint density at radius 3 is 2.70 bits per heavy atom. The molecule has 1 atom stereocenters. The van der Waals surface area contributed by atoms with E-state index >= 15 is 0 Å². The molecule has 4 nitrogen and oxygen atoms in total. The van der Waals surface area contributed by atoms with Crippen molar-refractivity contribution in [3.05, 3.63) is 77.8 Å². The fraction of sp³-hybridized carbons (Fsp3) is 0.304. The van der Waals surface area contributed by atoms with E-state index < -0.39 is 0 Å². The molecule has 1 unspecified atom stereocenters. The van der Waals surface area contributed by atoms with Crippen molar-refractivity contribution in [2.45, 2.75) is 38.6 Å². The van der Waals surface area contributed by atoms with E-state index in [0.29, 0.717) is 18.7 Å². The van der Waals surface area contributed by atoms with Crippen LogP contribution in [0.1, 0.15) is 42.3 Å². The molecular weight excluding hydrogens is 336 g/mol. The van der Waals surface area contributed by atoms with E-state index in [9.17, 15) is 4.79 Å². The van der Waals surface area contributed by atoms with Crippen LogP contribution in [-0.2, 0) is 11.2 Å². The Morgan fingerprint density at radius 2 is 1.93 bits per heavy atom. The summed E-state index contributed by atoms with van der Waals surface area (Å²) in [6.45, 7) is 2.92. The van der Waals surface area contributed by atoms with Gasteiger partial charge in [-0.2, -0.15) is 0 Å². The monoisotopic (exact) mass is 360 g/mol. The SMILES string of the molecule is Cc1ccc(C2CCCN2C(=O)CCc2ncc(-c3ccccc3)o2)cc1. The van der Waals surface area contributed by atoms with Gasteiger partial charge in [0, 0.05) is 24.9 Å². The number of carbonyl (C=O) groups is 1. The first-order valence-corrected chi connectivity index (χ1v) is 9.57. The van der Waals surface area contributed by atoms with Crippen molar-refractivity contribution in [3.63, 3.8) is 0 Å². The van der Waals surface area contributed by atoms with Crippen LogP contribution in [0.4, 0.5) is 0 Å². The maximum absolute atomic E-state index is 12.8. The summed E-state index contributed by atoms with van der Waals surface area (Å²) in [5.41, 5.74) is 3.48. The maximum Gasteiger partial charge on any atom is 0.223 e. The van der Waals surface area contributed by atoms with Gasteiger partial charge < -0.3 is 9.32 Å². The number of oxazole rings is 1. The molecule has 0 radical (unpaired) electrons. The molecule has 1 aliphatic heterocycles. The Labute approximate surface area is 159 Å². The van der Waals surface area contributed by atoms with Crippen molar-refractivity contribution in [2.75, 3.05) is 6.54 Å². The van der Waals surface area contributed by atoms with Crippen molar-refractivity contribution in [3.8, 4) is 11.3 Å². The highest BCUT2D eigenvalue weighted by atomic mass is 16.4. The highest BCUT2D eigenvalue weighted by Crippen LogP contribution is 2.32. The third-order valence-corrected chi connectivity index (χ3v) is 5.20. The van der Waals surface area contributed by atoms with Gasteiger partial charge in [0.15, 0.2) is 11.7 Å². The third-order valence-electron chi connectivity index (χ3n) is 5.20. The summed E-state index contributed by atoms with van der Waals surface area (Å²) in [6, 6.07) is 18.6. The fourth-order valence-electron chi connectivity index (χ4n) is 3.72. The van der Waals surface area contributed by atoms with E-state index in [4.69, 9.17) is 4.42 Å². The predicted octanol–water partition coefficient (Wildman–Crippen LogP) is 4.95. The molecule has 1 saturated heterocycles. The number of benzene rings is 2.